The zero-order chi connectivity index (χ0) is 17.4. The van der Waals surface area contributed by atoms with E-state index in [-0.39, 0.29) is 12.1 Å². The number of aromatic nitrogens is 1. The molecular weight excluding hydrogens is 292 g/mol. The maximum absolute atomic E-state index is 12.5. The van der Waals surface area contributed by atoms with Crippen LogP contribution in [0, 0.1) is 0 Å². The third-order valence-electron chi connectivity index (χ3n) is 3.86. The third-order valence-corrected chi connectivity index (χ3v) is 3.86. The van der Waals surface area contributed by atoms with Crippen molar-refractivity contribution in [1.29, 1.82) is 0 Å². The van der Waals surface area contributed by atoms with Crippen LogP contribution >= 0.6 is 0 Å². The standard InChI is InChI=1S/C18H26N2O3/c1-12(19(5)6)15-11-20(17(21)23-18(2,3)4)16-9-8-13(22-7)10-14(15)16/h8-12H,1-7H3. The summed E-state index contributed by atoms with van der Waals surface area (Å²) < 4.78 is 12.4. The molecule has 5 heteroatoms. The summed E-state index contributed by atoms with van der Waals surface area (Å²) in [6.07, 6.45) is 1.49. The molecule has 1 atom stereocenters. The van der Waals surface area contributed by atoms with Crippen molar-refractivity contribution in [3.8, 4) is 5.75 Å². The lowest BCUT2D eigenvalue weighted by Crippen LogP contribution is -2.26. The summed E-state index contributed by atoms with van der Waals surface area (Å²) in [5.41, 5.74) is 1.35. The minimum Gasteiger partial charge on any atom is -0.497 e. The van der Waals surface area contributed by atoms with Crippen LogP contribution in [0.2, 0.25) is 0 Å². The van der Waals surface area contributed by atoms with Gasteiger partial charge in [0.1, 0.15) is 11.4 Å². The molecular formula is C18H26N2O3. The molecule has 0 saturated carbocycles. The summed E-state index contributed by atoms with van der Waals surface area (Å²) in [5, 5.41) is 0.997. The second-order valence-corrected chi connectivity index (χ2v) is 6.96. The summed E-state index contributed by atoms with van der Waals surface area (Å²) in [6.45, 7) is 7.70. The van der Waals surface area contributed by atoms with Gasteiger partial charge in [-0.25, -0.2) is 4.79 Å². The molecule has 126 valence electrons. The minimum absolute atomic E-state index is 0.160. The Morgan fingerprint density at radius 2 is 1.91 bits per heavy atom. The van der Waals surface area contributed by atoms with Gasteiger partial charge < -0.3 is 14.4 Å². The molecule has 23 heavy (non-hydrogen) atoms. The Morgan fingerprint density at radius 3 is 2.43 bits per heavy atom. The molecule has 0 spiro atoms. The van der Waals surface area contributed by atoms with E-state index in [1.165, 1.54) is 0 Å². The molecule has 0 fully saturated rings. The van der Waals surface area contributed by atoms with Gasteiger partial charge in [-0.05, 0) is 65.6 Å². The minimum atomic E-state index is -0.534. The molecule has 0 N–H and O–H groups in total. The smallest absolute Gasteiger partial charge is 0.419 e. The molecule has 0 saturated heterocycles. The van der Waals surface area contributed by atoms with E-state index in [1.54, 1.807) is 11.7 Å². The van der Waals surface area contributed by atoms with Gasteiger partial charge in [0.2, 0.25) is 0 Å². The van der Waals surface area contributed by atoms with E-state index in [9.17, 15) is 4.79 Å². The molecule has 2 rings (SSSR count). The van der Waals surface area contributed by atoms with Gasteiger partial charge in [-0.1, -0.05) is 0 Å². The molecule has 0 aliphatic heterocycles. The largest absolute Gasteiger partial charge is 0.497 e. The predicted octanol–water partition coefficient (Wildman–Crippen LogP) is 4.06. The van der Waals surface area contributed by atoms with Crippen LogP contribution in [0.5, 0.6) is 5.75 Å². The first-order chi connectivity index (χ1) is 10.6. The van der Waals surface area contributed by atoms with E-state index in [1.807, 2.05) is 59.3 Å². The Bertz CT molecular complexity index is 711. The van der Waals surface area contributed by atoms with Gasteiger partial charge in [-0.3, -0.25) is 4.57 Å². The second kappa shape index (κ2) is 6.24. The topological polar surface area (TPSA) is 43.7 Å². The highest BCUT2D eigenvalue weighted by atomic mass is 16.6. The Balaban J connectivity index is 2.60. The second-order valence-electron chi connectivity index (χ2n) is 6.96. The van der Waals surface area contributed by atoms with Crippen molar-refractivity contribution < 1.29 is 14.3 Å². The molecule has 1 heterocycles. The molecule has 1 unspecified atom stereocenters. The van der Waals surface area contributed by atoms with E-state index in [4.69, 9.17) is 9.47 Å². The average Bonchev–Trinajstić information content (AvgIpc) is 2.83. The van der Waals surface area contributed by atoms with Crippen molar-refractivity contribution in [3.05, 3.63) is 30.0 Å². The van der Waals surface area contributed by atoms with Gasteiger partial charge >= 0.3 is 6.09 Å². The number of rotatable bonds is 3. The number of fused-ring (bicyclic) bond motifs is 1. The van der Waals surface area contributed by atoms with E-state index in [0.717, 1.165) is 22.2 Å². The van der Waals surface area contributed by atoms with Crippen molar-refractivity contribution in [2.75, 3.05) is 21.2 Å². The average molecular weight is 318 g/mol. The van der Waals surface area contributed by atoms with Gasteiger partial charge in [0.05, 0.1) is 12.6 Å². The van der Waals surface area contributed by atoms with Crippen LogP contribution in [0.4, 0.5) is 4.79 Å². The van der Waals surface area contributed by atoms with E-state index in [2.05, 4.69) is 11.8 Å². The summed E-state index contributed by atoms with van der Waals surface area (Å²) in [6, 6.07) is 5.87. The number of hydrogen-bond acceptors (Lipinski definition) is 4. The quantitative estimate of drug-likeness (QED) is 0.856. The number of benzene rings is 1. The lowest BCUT2D eigenvalue weighted by molar-refractivity contribution is 0.0544. The molecule has 0 amide bonds. The zero-order valence-electron chi connectivity index (χ0n) is 15.0. The van der Waals surface area contributed by atoms with Crippen LogP contribution < -0.4 is 4.74 Å². The SMILES string of the molecule is COc1ccc2c(c1)c(C(C)N(C)C)cn2C(=O)OC(C)(C)C. The first kappa shape index (κ1) is 17.3. The molecule has 0 radical (unpaired) electrons. The van der Waals surface area contributed by atoms with Gasteiger partial charge in [0.15, 0.2) is 0 Å². The Labute approximate surface area is 137 Å². The van der Waals surface area contributed by atoms with Crippen molar-refractivity contribution >= 4 is 17.0 Å². The number of carbonyl (C=O) groups excluding carboxylic acids is 1. The maximum Gasteiger partial charge on any atom is 0.419 e. The molecule has 0 bridgehead atoms. The van der Waals surface area contributed by atoms with Crippen LogP contribution in [-0.2, 0) is 4.74 Å². The van der Waals surface area contributed by atoms with E-state index >= 15 is 0 Å². The Hall–Kier alpha value is -2.01. The van der Waals surface area contributed by atoms with Gasteiger partial charge in [0, 0.05) is 17.6 Å². The summed E-state index contributed by atoms with van der Waals surface area (Å²) >= 11 is 0. The molecule has 0 aliphatic carbocycles. The lowest BCUT2D eigenvalue weighted by Gasteiger charge is -2.20. The maximum atomic E-state index is 12.5. The van der Waals surface area contributed by atoms with Crippen LogP contribution in [0.3, 0.4) is 0 Å². The summed E-state index contributed by atoms with van der Waals surface area (Å²) in [4.78, 5) is 14.6. The number of carbonyl (C=O) groups is 1. The summed E-state index contributed by atoms with van der Waals surface area (Å²) in [5.74, 6) is 0.770. The van der Waals surface area contributed by atoms with Crippen molar-refractivity contribution in [2.24, 2.45) is 0 Å². The highest BCUT2D eigenvalue weighted by Gasteiger charge is 2.23. The first-order valence-electron chi connectivity index (χ1n) is 7.73. The van der Waals surface area contributed by atoms with Crippen LogP contribution in [0.1, 0.15) is 39.3 Å². The number of methoxy groups -OCH3 is 1. The van der Waals surface area contributed by atoms with E-state index < -0.39 is 5.60 Å². The number of ether oxygens (including phenoxy) is 2. The fourth-order valence-corrected chi connectivity index (χ4v) is 2.43. The molecule has 1 aromatic heterocycles. The predicted molar refractivity (Wildman–Crippen MR) is 92.2 cm³/mol. The fourth-order valence-electron chi connectivity index (χ4n) is 2.43. The Kier molecular flexibility index (Phi) is 4.71. The number of nitrogens with zero attached hydrogens (tertiary/aromatic N) is 2. The van der Waals surface area contributed by atoms with Crippen LogP contribution in [0.15, 0.2) is 24.4 Å². The van der Waals surface area contributed by atoms with Crippen molar-refractivity contribution in [2.45, 2.75) is 39.3 Å². The van der Waals surface area contributed by atoms with Crippen molar-refractivity contribution in [3.63, 3.8) is 0 Å². The molecule has 1 aromatic carbocycles. The van der Waals surface area contributed by atoms with Crippen LogP contribution in [-0.4, -0.2) is 42.4 Å². The molecule has 2 aromatic rings. The van der Waals surface area contributed by atoms with Crippen LogP contribution in [0.25, 0.3) is 10.9 Å². The summed E-state index contributed by atoms with van der Waals surface area (Å²) in [7, 11) is 5.67. The lowest BCUT2D eigenvalue weighted by atomic mass is 10.1. The first-order valence-corrected chi connectivity index (χ1v) is 7.73. The Morgan fingerprint density at radius 1 is 1.26 bits per heavy atom. The third kappa shape index (κ3) is 3.67. The van der Waals surface area contributed by atoms with Crippen molar-refractivity contribution in [1.82, 2.24) is 9.47 Å². The number of hydrogen-bond donors (Lipinski definition) is 0. The van der Waals surface area contributed by atoms with Gasteiger partial charge in [0.25, 0.3) is 0 Å². The molecule has 0 aliphatic rings. The van der Waals surface area contributed by atoms with Gasteiger partial charge in [-0.2, -0.15) is 0 Å². The highest BCUT2D eigenvalue weighted by Crippen LogP contribution is 2.32. The normalized spacial score (nSPS) is 13.4. The fraction of sp³-hybridized carbons (Fsp3) is 0.500. The van der Waals surface area contributed by atoms with Gasteiger partial charge in [-0.15, -0.1) is 0 Å². The monoisotopic (exact) mass is 318 g/mol. The van der Waals surface area contributed by atoms with E-state index in [0.29, 0.717) is 0 Å². The molecule has 5 nitrogen and oxygen atoms in total. The zero-order valence-corrected chi connectivity index (χ0v) is 15.0. The highest BCUT2D eigenvalue weighted by molar-refractivity contribution is 5.93.